The number of amides is 1. The molecule has 0 aliphatic heterocycles. The first kappa shape index (κ1) is 16.7. The molecule has 0 radical (unpaired) electrons. The van der Waals surface area contributed by atoms with Crippen molar-refractivity contribution in [2.24, 2.45) is 0 Å². The number of hydrogen-bond acceptors (Lipinski definition) is 4. The molecule has 0 aliphatic carbocycles. The van der Waals surface area contributed by atoms with Gasteiger partial charge in [-0.2, -0.15) is 0 Å². The molecule has 0 saturated carbocycles. The van der Waals surface area contributed by atoms with Crippen LogP contribution in [0.2, 0.25) is 0 Å². The number of aliphatic carboxylic acids is 1. The Hall–Kier alpha value is -2.37. The molecule has 1 N–H and O–H groups in total. The predicted octanol–water partition coefficient (Wildman–Crippen LogP) is 1.09. The van der Waals surface area contributed by atoms with Crippen LogP contribution in [0.3, 0.4) is 0 Å². The van der Waals surface area contributed by atoms with Gasteiger partial charge in [-0.05, 0) is 12.5 Å². The molecule has 114 valence electrons. The molecule has 2 atom stereocenters. The van der Waals surface area contributed by atoms with Crippen LogP contribution in [0, 0.1) is 0 Å². The fraction of sp³-hybridized carbons (Fsp3) is 0.400. The maximum Gasteiger partial charge on any atom is 0.326 e. The summed E-state index contributed by atoms with van der Waals surface area (Å²) in [7, 11) is 1.39. The minimum absolute atomic E-state index is 0.186. The Kier molecular flexibility index (Phi) is 5.90. The van der Waals surface area contributed by atoms with E-state index < -0.39 is 30.0 Å². The Morgan fingerprint density at radius 1 is 1.24 bits per heavy atom. The van der Waals surface area contributed by atoms with Crippen LogP contribution < -0.4 is 0 Å². The van der Waals surface area contributed by atoms with Crippen LogP contribution in [-0.2, 0) is 25.5 Å². The van der Waals surface area contributed by atoms with Gasteiger partial charge in [0.25, 0.3) is 5.91 Å². The minimum Gasteiger partial charge on any atom is -0.480 e. The van der Waals surface area contributed by atoms with E-state index in [2.05, 4.69) is 0 Å². The molecule has 6 heteroatoms. The van der Waals surface area contributed by atoms with Gasteiger partial charge in [0, 0.05) is 20.4 Å². The Morgan fingerprint density at radius 2 is 1.81 bits per heavy atom. The lowest BCUT2D eigenvalue weighted by Crippen LogP contribution is -2.48. The second kappa shape index (κ2) is 7.42. The van der Waals surface area contributed by atoms with Crippen molar-refractivity contribution in [2.75, 3.05) is 7.05 Å². The Bertz CT molecular complexity index is 514. The van der Waals surface area contributed by atoms with Gasteiger partial charge in [-0.1, -0.05) is 30.3 Å². The third-order valence-electron chi connectivity index (χ3n) is 3.06. The number of carbonyl (C=O) groups is 3. The number of likely N-dealkylation sites (N-methyl/N-ethyl adjacent to an activating group) is 1. The van der Waals surface area contributed by atoms with E-state index in [-0.39, 0.29) is 6.42 Å². The molecular weight excluding hydrogens is 274 g/mol. The Labute approximate surface area is 123 Å². The van der Waals surface area contributed by atoms with E-state index in [9.17, 15) is 19.5 Å². The van der Waals surface area contributed by atoms with Gasteiger partial charge in [0.15, 0.2) is 6.10 Å². The monoisotopic (exact) mass is 293 g/mol. The van der Waals surface area contributed by atoms with Gasteiger partial charge in [0.1, 0.15) is 6.04 Å². The van der Waals surface area contributed by atoms with Crippen molar-refractivity contribution >= 4 is 17.8 Å². The summed E-state index contributed by atoms with van der Waals surface area (Å²) in [5.41, 5.74) is 0.810. The van der Waals surface area contributed by atoms with Crippen LogP contribution in [0.15, 0.2) is 30.3 Å². The summed E-state index contributed by atoms with van der Waals surface area (Å²) in [4.78, 5) is 35.5. The highest BCUT2D eigenvalue weighted by molar-refractivity contribution is 5.87. The van der Waals surface area contributed by atoms with Crippen LogP contribution >= 0.6 is 0 Å². The summed E-state index contributed by atoms with van der Waals surface area (Å²) in [5.74, 6) is -2.24. The molecule has 0 saturated heterocycles. The quantitative estimate of drug-likeness (QED) is 0.794. The number of carboxylic acids is 1. The van der Waals surface area contributed by atoms with E-state index >= 15 is 0 Å². The lowest BCUT2D eigenvalue weighted by Gasteiger charge is -2.27. The first-order valence-corrected chi connectivity index (χ1v) is 6.53. The molecule has 6 nitrogen and oxygen atoms in total. The van der Waals surface area contributed by atoms with Crippen molar-refractivity contribution in [2.45, 2.75) is 32.4 Å². The van der Waals surface area contributed by atoms with Crippen LogP contribution in [0.5, 0.6) is 0 Å². The van der Waals surface area contributed by atoms with E-state index in [1.54, 1.807) is 24.3 Å². The smallest absolute Gasteiger partial charge is 0.326 e. The summed E-state index contributed by atoms with van der Waals surface area (Å²) in [6, 6.07) is 8.01. The third kappa shape index (κ3) is 4.91. The number of carboxylic acid groups (broad SMARTS) is 1. The number of nitrogens with zero attached hydrogens (tertiary/aromatic N) is 1. The average molecular weight is 293 g/mol. The molecule has 0 aromatic heterocycles. The van der Waals surface area contributed by atoms with Crippen LogP contribution in [0.25, 0.3) is 0 Å². The average Bonchev–Trinajstić information content (AvgIpc) is 2.43. The lowest BCUT2D eigenvalue weighted by atomic mass is 10.0. The first-order valence-electron chi connectivity index (χ1n) is 6.53. The molecule has 0 heterocycles. The highest BCUT2D eigenvalue weighted by Gasteiger charge is 2.30. The Balaban J connectivity index is 2.82. The number of hydrogen-bond donors (Lipinski definition) is 1. The molecule has 0 aliphatic rings. The van der Waals surface area contributed by atoms with Crippen LogP contribution in [0.4, 0.5) is 0 Å². The summed E-state index contributed by atoms with van der Waals surface area (Å²) >= 11 is 0. The zero-order valence-electron chi connectivity index (χ0n) is 12.3. The van der Waals surface area contributed by atoms with Crippen molar-refractivity contribution in [3.63, 3.8) is 0 Å². The molecule has 0 fully saturated rings. The largest absolute Gasteiger partial charge is 0.480 e. The van der Waals surface area contributed by atoms with Crippen molar-refractivity contribution in [1.29, 1.82) is 0 Å². The number of benzene rings is 1. The number of carbonyl (C=O) groups excluding carboxylic acids is 2. The molecule has 1 amide bonds. The van der Waals surface area contributed by atoms with Crippen molar-refractivity contribution < 1.29 is 24.2 Å². The predicted molar refractivity (Wildman–Crippen MR) is 75.6 cm³/mol. The van der Waals surface area contributed by atoms with Crippen LogP contribution in [0.1, 0.15) is 19.4 Å². The minimum atomic E-state index is -1.11. The molecule has 1 rings (SSSR count). The molecule has 0 bridgehead atoms. The summed E-state index contributed by atoms with van der Waals surface area (Å²) in [5, 5.41) is 9.32. The van der Waals surface area contributed by atoms with Gasteiger partial charge in [0.05, 0.1) is 0 Å². The highest BCUT2D eigenvalue weighted by atomic mass is 16.5. The van der Waals surface area contributed by atoms with Gasteiger partial charge in [-0.15, -0.1) is 0 Å². The van der Waals surface area contributed by atoms with E-state index in [1.165, 1.54) is 20.9 Å². The molecule has 0 spiro atoms. The summed E-state index contributed by atoms with van der Waals surface area (Å²) in [6.07, 6.45) is -0.823. The fourth-order valence-corrected chi connectivity index (χ4v) is 1.97. The van der Waals surface area contributed by atoms with Crippen molar-refractivity contribution in [3.05, 3.63) is 35.9 Å². The standard InChI is InChI=1S/C15H19NO5/c1-10(21-11(2)17)14(18)16(3)13(15(19)20)9-12-7-5-4-6-8-12/h4-8,10,13H,9H2,1-3H3,(H,19,20)/t10-,13+/m1/s1. The van der Waals surface area contributed by atoms with Gasteiger partial charge in [-0.3, -0.25) is 9.59 Å². The normalized spacial score (nSPS) is 13.1. The maximum absolute atomic E-state index is 12.1. The molecule has 1 aromatic carbocycles. The SMILES string of the molecule is CC(=O)O[C@H](C)C(=O)N(C)[C@@H](Cc1ccccc1)C(=O)O. The second-order valence-electron chi connectivity index (χ2n) is 4.74. The Morgan fingerprint density at radius 3 is 2.29 bits per heavy atom. The first-order chi connectivity index (χ1) is 9.82. The van der Waals surface area contributed by atoms with E-state index in [0.717, 1.165) is 10.5 Å². The zero-order chi connectivity index (χ0) is 16.0. The highest BCUT2D eigenvalue weighted by Crippen LogP contribution is 2.10. The topological polar surface area (TPSA) is 83.9 Å². The van der Waals surface area contributed by atoms with Gasteiger partial charge < -0.3 is 14.7 Å². The van der Waals surface area contributed by atoms with E-state index in [1.807, 2.05) is 6.07 Å². The van der Waals surface area contributed by atoms with Gasteiger partial charge in [-0.25, -0.2) is 4.79 Å². The third-order valence-corrected chi connectivity index (χ3v) is 3.06. The lowest BCUT2D eigenvalue weighted by molar-refractivity contribution is -0.160. The number of ether oxygens (including phenoxy) is 1. The van der Waals surface area contributed by atoms with Crippen molar-refractivity contribution in [3.8, 4) is 0 Å². The summed E-state index contributed by atoms with van der Waals surface area (Å²) < 4.78 is 4.79. The van der Waals surface area contributed by atoms with Crippen molar-refractivity contribution in [1.82, 2.24) is 4.90 Å². The molecule has 21 heavy (non-hydrogen) atoms. The van der Waals surface area contributed by atoms with E-state index in [4.69, 9.17) is 4.74 Å². The molecule has 0 unspecified atom stereocenters. The summed E-state index contributed by atoms with van der Waals surface area (Å²) in [6.45, 7) is 2.62. The zero-order valence-corrected chi connectivity index (χ0v) is 12.3. The molecule has 1 aromatic rings. The number of rotatable bonds is 6. The van der Waals surface area contributed by atoms with Crippen LogP contribution in [-0.4, -0.2) is 47.0 Å². The maximum atomic E-state index is 12.1. The number of esters is 1. The fourth-order valence-electron chi connectivity index (χ4n) is 1.97. The molecular formula is C15H19NO5. The second-order valence-corrected chi connectivity index (χ2v) is 4.74. The van der Waals surface area contributed by atoms with Gasteiger partial charge >= 0.3 is 11.9 Å². The van der Waals surface area contributed by atoms with Gasteiger partial charge in [0.2, 0.25) is 0 Å². The van der Waals surface area contributed by atoms with E-state index in [0.29, 0.717) is 0 Å².